The van der Waals surface area contributed by atoms with Crippen LogP contribution >= 0.6 is 11.6 Å². The van der Waals surface area contributed by atoms with E-state index in [9.17, 15) is 9.50 Å². The molecule has 0 bridgehead atoms. The Balaban J connectivity index is 2.53. The molecule has 96 valence electrons. The van der Waals surface area contributed by atoms with Gasteiger partial charge in [-0.3, -0.25) is 0 Å². The fourth-order valence-corrected chi connectivity index (χ4v) is 1.68. The SMILES string of the molecule is CC(C)(C)NCC(O)Cc1ccc(F)cc1Cl. The molecule has 1 aromatic rings. The molecule has 1 rings (SSSR count). The summed E-state index contributed by atoms with van der Waals surface area (Å²) in [6.45, 7) is 6.58. The van der Waals surface area contributed by atoms with Crippen molar-refractivity contribution in [1.82, 2.24) is 5.32 Å². The van der Waals surface area contributed by atoms with E-state index in [0.29, 0.717) is 18.0 Å². The van der Waals surface area contributed by atoms with Crippen LogP contribution in [0.25, 0.3) is 0 Å². The average molecular weight is 260 g/mol. The summed E-state index contributed by atoms with van der Waals surface area (Å²) < 4.78 is 12.8. The minimum Gasteiger partial charge on any atom is -0.391 e. The third-order valence-corrected chi connectivity index (χ3v) is 2.69. The van der Waals surface area contributed by atoms with Crippen molar-refractivity contribution in [3.05, 3.63) is 34.6 Å². The first-order chi connectivity index (χ1) is 7.78. The molecule has 17 heavy (non-hydrogen) atoms. The number of hydrogen-bond acceptors (Lipinski definition) is 2. The number of aliphatic hydroxyl groups excluding tert-OH is 1. The van der Waals surface area contributed by atoms with Crippen molar-refractivity contribution >= 4 is 11.6 Å². The Morgan fingerprint density at radius 3 is 2.59 bits per heavy atom. The van der Waals surface area contributed by atoms with Gasteiger partial charge < -0.3 is 10.4 Å². The highest BCUT2D eigenvalue weighted by Crippen LogP contribution is 2.18. The number of nitrogens with one attached hydrogen (secondary N) is 1. The minimum atomic E-state index is -0.530. The number of halogens is 2. The van der Waals surface area contributed by atoms with Crippen molar-refractivity contribution in [3.63, 3.8) is 0 Å². The van der Waals surface area contributed by atoms with Crippen LogP contribution in [0.5, 0.6) is 0 Å². The second kappa shape index (κ2) is 5.80. The van der Waals surface area contributed by atoms with Gasteiger partial charge >= 0.3 is 0 Å². The second-order valence-electron chi connectivity index (χ2n) is 5.22. The summed E-state index contributed by atoms with van der Waals surface area (Å²) in [4.78, 5) is 0. The van der Waals surface area contributed by atoms with Crippen LogP contribution in [0.1, 0.15) is 26.3 Å². The molecular weight excluding hydrogens is 241 g/mol. The molecule has 1 atom stereocenters. The number of rotatable bonds is 4. The first-order valence-electron chi connectivity index (χ1n) is 5.65. The quantitative estimate of drug-likeness (QED) is 0.872. The summed E-state index contributed by atoms with van der Waals surface area (Å²) in [5.74, 6) is -0.360. The van der Waals surface area contributed by atoms with Gasteiger partial charge in [0.2, 0.25) is 0 Å². The highest BCUT2D eigenvalue weighted by molar-refractivity contribution is 6.31. The van der Waals surface area contributed by atoms with E-state index in [1.54, 1.807) is 6.07 Å². The van der Waals surface area contributed by atoms with Gasteiger partial charge in [0.15, 0.2) is 0 Å². The van der Waals surface area contributed by atoms with Gasteiger partial charge in [-0.05, 0) is 38.5 Å². The zero-order valence-electron chi connectivity index (χ0n) is 10.4. The van der Waals surface area contributed by atoms with Crippen LogP contribution in [0.2, 0.25) is 5.02 Å². The Bertz CT molecular complexity index is 376. The molecule has 0 aromatic heterocycles. The van der Waals surface area contributed by atoms with Crippen LogP contribution in [-0.2, 0) is 6.42 Å². The van der Waals surface area contributed by atoms with Gasteiger partial charge in [-0.1, -0.05) is 17.7 Å². The molecule has 0 aliphatic carbocycles. The van der Waals surface area contributed by atoms with E-state index in [4.69, 9.17) is 11.6 Å². The van der Waals surface area contributed by atoms with Crippen molar-refractivity contribution in [2.24, 2.45) is 0 Å². The molecule has 2 N–H and O–H groups in total. The monoisotopic (exact) mass is 259 g/mol. The summed E-state index contributed by atoms with van der Waals surface area (Å²) in [5, 5.41) is 13.4. The maximum absolute atomic E-state index is 12.8. The van der Waals surface area contributed by atoms with Crippen LogP contribution in [0.3, 0.4) is 0 Å². The number of benzene rings is 1. The molecule has 0 radical (unpaired) electrons. The largest absolute Gasteiger partial charge is 0.391 e. The predicted octanol–water partition coefficient (Wildman–Crippen LogP) is 2.77. The molecule has 0 saturated heterocycles. The number of hydrogen-bond donors (Lipinski definition) is 2. The topological polar surface area (TPSA) is 32.3 Å². The van der Waals surface area contributed by atoms with E-state index < -0.39 is 6.10 Å². The molecule has 2 nitrogen and oxygen atoms in total. The van der Waals surface area contributed by atoms with Crippen LogP contribution in [-0.4, -0.2) is 23.3 Å². The maximum Gasteiger partial charge on any atom is 0.124 e. The summed E-state index contributed by atoms with van der Waals surface area (Å²) >= 11 is 5.89. The Hall–Kier alpha value is -0.640. The molecule has 1 aromatic carbocycles. The van der Waals surface area contributed by atoms with E-state index >= 15 is 0 Å². The lowest BCUT2D eigenvalue weighted by molar-refractivity contribution is 0.161. The molecule has 0 heterocycles. The first-order valence-corrected chi connectivity index (χ1v) is 6.03. The van der Waals surface area contributed by atoms with Crippen molar-refractivity contribution < 1.29 is 9.50 Å². The third kappa shape index (κ3) is 5.48. The van der Waals surface area contributed by atoms with Crippen LogP contribution in [0.4, 0.5) is 4.39 Å². The molecule has 0 saturated carbocycles. The van der Waals surface area contributed by atoms with Crippen LogP contribution in [0, 0.1) is 5.82 Å². The van der Waals surface area contributed by atoms with Crippen molar-refractivity contribution in [1.29, 1.82) is 0 Å². The molecular formula is C13H19ClFNO. The van der Waals surface area contributed by atoms with Crippen molar-refractivity contribution in [2.75, 3.05) is 6.54 Å². The molecule has 0 fully saturated rings. The van der Waals surface area contributed by atoms with Gasteiger partial charge in [0.25, 0.3) is 0 Å². The predicted molar refractivity (Wildman–Crippen MR) is 68.9 cm³/mol. The minimum absolute atomic E-state index is 0.0342. The standard InChI is InChI=1S/C13H19ClFNO/c1-13(2,3)16-8-11(17)6-9-4-5-10(15)7-12(9)14/h4-5,7,11,16-17H,6,8H2,1-3H3. The van der Waals surface area contributed by atoms with E-state index in [1.807, 2.05) is 20.8 Å². The first kappa shape index (κ1) is 14.4. The summed E-state index contributed by atoms with van der Waals surface area (Å²) in [7, 11) is 0. The van der Waals surface area contributed by atoms with E-state index in [2.05, 4.69) is 5.32 Å². The lowest BCUT2D eigenvalue weighted by atomic mass is 10.1. The Morgan fingerprint density at radius 2 is 2.06 bits per heavy atom. The normalized spacial score (nSPS) is 13.8. The fraction of sp³-hybridized carbons (Fsp3) is 0.538. The molecule has 4 heteroatoms. The zero-order valence-corrected chi connectivity index (χ0v) is 11.2. The van der Waals surface area contributed by atoms with E-state index in [0.717, 1.165) is 5.56 Å². The average Bonchev–Trinajstić information content (AvgIpc) is 2.18. The summed E-state index contributed by atoms with van der Waals surface area (Å²) in [5.41, 5.74) is 0.726. The van der Waals surface area contributed by atoms with Gasteiger partial charge in [-0.2, -0.15) is 0 Å². The smallest absolute Gasteiger partial charge is 0.124 e. The van der Waals surface area contributed by atoms with Gasteiger partial charge in [-0.15, -0.1) is 0 Å². The zero-order chi connectivity index (χ0) is 13.1. The summed E-state index contributed by atoms with van der Waals surface area (Å²) in [6.07, 6.45) is -0.112. The highest BCUT2D eigenvalue weighted by Gasteiger charge is 2.13. The van der Waals surface area contributed by atoms with Gasteiger partial charge in [-0.25, -0.2) is 4.39 Å². The molecule has 0 aliphatic heterocycles. The Labute approximate surface area is 107 Å². The lowest BCUT2D eigenvalue weighted by Crippen LogP contribution is -2.41. The Kier molecular flexibility index (Phi) is 4.92. The second-order valence-corrected chi connectivity index (χ2v) is 5.63. The number of β-amino-alcohol motifs (C(OH)–C–C–N with tert-alkyl or cyclic N) is 1. The molecule has 0 amide bonds. The molecule has 0 aliphatic rings. The molecule has 1 unspecified atom stereocenters. The maximum atomic E-state index is 12.8. The lowest BCUT2D eigenvalue weighted by Gasteiger charge is -2.23. The Morgan fingerprint density at radius 1 is 1.41 bits per heavy atom. The molecule has 0 spiro atoms. The van der Waals surface area contributed by atoms with E-state index in [1.165, 1.54) is 12.1 Å². The van der Waals surface area contributed by atoms with Gasteiger partial charge in [0.1, 0.15) is 5.82 Å². The van der Waals surface area contributed by atoms with Crippen LogP contribution < -0.4 is 5.32 Å². The fourth-order valence-electron chi connectivity index (χ4n) is 1.44. The number of aliphatic hydroxyl groups is 1. The van der Waals surface area contributed by atoms with Crippen LogP contribution in [0.15, 0.2) is 18.2 Å². The van der Waals surface area contributed by atoms with Crippen molar-refractivity contribution in [3.8, 4) is 0 Å². The van der Waals surface area contributed by atoms with Gasteiger partial charge in [0, 0.05) is 23.5 Å². The van der Waals surface area contributed by atoms with Crippen molar-refractivity contribution in [2.45, 2.75) is 38.8 Å². The van der Waals surface area contributed by atoms with E-state index in [-0.39, 0.29) is 11.4 Å². The third-order valence-electron chi connectivity index (χ3n) is 2.34. The summed E-state index contributed by atoms with van der Waals surface area (Å²) in [6, 6.07) is 4.23. The van der Waals surface area contributed by atoms with Gasteiger partial charge in [0.05, 0.1) is 6.10 Å². The highest BCUT2D eigenvalue weighted by atomic mass is 35.5.